The lowest BCUT2D eigenvalue weighted by atomic mass is 9.88. The summed E-state index contributed by atoms with van der Waals surface area (Å²) < 4.78 is 5.83. The molecule has 6 nitrogen and oxygen atoms in total. The molecule has 0 aliphatic heterocycles. The molecular formula is C25H28N4O2. The number of hydrogen-bond acceptors (Lipinski definition) is 5. The third kappa shape index (κ3) is 3.82. The van der Waals surface area contributed by atoms with Crippen molar-refractivity contribution in [2.45, 2.75) is 45.3 Å². The Morgan fingerprint density at radius 2 is 2.10 bits per heavy atom. The van der Waals surface area contributed by atoms with Crippen molar-refractivity contribution in [2.75, 3.05) is 5.32 Å². The van der Waals surface area contributed by atoms with Crippen molar-refractivity contribution in [3.8, 4) is 5.75 Å². The highest BCUT2D eigenvalue weighted by Gasteiger charge is 2.47. The van der Waals surface area contributed by atoms with Gasteiger partial charge in [-0.3, -0.25) is 4.79 Å². The van der Waals surface area contributed by atoms with Gasteiger partial charge in [0.2, 0.25) is 5.91 Å². The normalized spacial score (nSPS) is 25.3. The Morgan fingerprint density at radius 3 is 2.90 bits per heavy atom. The number of benzene rings is 1. The lowest BCUT2D eigenvalue weighted by Crippen LogP contribution is -2.41. The fourth-order valence-electron chi connectivity index (χ4n) is 5.12. The molecule has 2 bridgehead atoms. The summed E-state index contributed by atoms with van der Waals surface area (Å²) in [5.41, 5.74) is 8.90. The Morgan fingerprint density at radius 1 is 1.26 bits per heavy atom. The summed E-state index contributed by atoms with van der Waals surface area (Å²) in [4.78, 5) is 21.8. The Balaban J connectivity index is 1.42. The molecule has 1 heterocycles. The minimum absolute atomic E-state index is 0.0175. The largest absolute Gasteiger partial charge is 0.491 e. The maximum Gasteiger partial charge on any atom is 0.223 e. The topological polar surface area (TPSA) is 90.1 Å². The van der Waals surface area contributed by atoms with Crippen molar-refractivity contribution >= 4 is 17.8 Å². The van der Waals surface area contributed by atoms with Crippen LogP contribution < -0.4 is 15.8 Å². The number of aromatic nitrogens is 2. The lowest BCUT2D eigenvalue weighted by Gasteiger charge is -2.28. The van der Waals surface area contributed by atoms with E-state index in [1.54, 1.807) is 0 Å². The lowest BCUT2D eigenvalue weighted by molar-refractivity contribution is -0.122. The number of carbonyl (C=O) groups excluding carboxylic acids is 1. The van der Waals surface area contributed by atoms with Gasteiger partial charge in [-0.1, -0.05) is 36.4 Å². The molecule has 2 aromatic rings. The van der Waals surface area contributed by atoms with Gasteiger partial charge in [-0.25, -0.2) is 9.97 Å². The third-order valence-electron chi connectivity index (χ3n) is 6.39. The van der Waals surface area contributed by atoms with Crippen molar-refractivity contribution < 1.29 is 9.53 Å². The number of rotatable bonds is 7. The summed E-state index contributed by atoms with van der Waals surface area (Å²) in [6.07, 6.45) is 11.0. The van der Waals surface area contributed by atoms with Crippen LogP contribution in [0.4, 0.5) is 5.82 Å². The van der Waals surface area contributed by atoms with Crippen LogP contribution >= 0.6 is 0 Å². The van der Waals surface area contributed by atoms with Crippen molar-refractivity contribution in [3.63, 3.8) is 0 Å². The van der Waals surface area contributed by atoms with Gasteiger partial charge in [-0.2, -0.15) is 0 Å². The van der Waals surface area contributed by atoms with Crippen molar-refractivity contribution in [1.29, 1.82) is 0 Å². The van der Waals surface area contributed by atoms with Gasteiger partial charge >= 0.3 is 0 Å². The summed E-state index contributed by atoms with van der Waals surface area (Å²) in [6.45, 7) is 4.04. The predicted octanol–water partition coefficient (Wildman–Crippen LogP) is 3.51. The Kier molecular flexibility index (Phi) is 5.00. The van der Waals surface area contributed by atoms with Gasteiger partial charge in [0.1, 0.15) is 17.4 Å². The molecule has 0 saturated heterocycles. The monoisotopic (exact) mass is 416 g/mol. The van der Waals surface area contributed by atoms with Crippen molar-refractivity contribution in [3.05, 3.63) is 65.1 Å². The van der Waals surface area contributed by atoms with Gasteiger partial charge in [0, 0.05) is 24.4 Å². The van der Waals surface area contributed by atoms with Crippen LogP contribution in [-0.2, 0) is 17.6 Å². The third-order valence-corrected chi connectivity index (χ3v) is 6.39. The molecule has 1 saturated carbocycles. The molecule has 1 aromatic carbocycles. The molecule has 3 aliphatic rings. The first-order valence-electron chi connectivity index (χ1n) is 11.0. The van der Waals surface area contributed by atoms with E-state index in [1.165, 1.54) is 0 Å². The van der Waals surface area contributed by atoms with Crippen molar-refractivity contribution in [1.82, 2.24) is 9.97 Å². The van der Waals surface area contributed by atoms with Gasteiger partial charge in [0.25, 0.3) is 0 Å². The quantitative estimate of drug-likeness (QED) is 0.674. The number of anilines is 1. The molecule has 3 aliphatic carbocycles. The number of nitrogens with two attached hydrogens (primary N) is 1. The molecule has 1 amide bonds. The van der Waals surface area contributed by atoms with Crippen LogP contribution in [-0.4, -0.2) is 28.0 Å². The molecule has 5 rings (SSSR count). The summed E-state index contributed by atoms with van der Waals surface area (Å²) in [7, 11) is 0. The van der Waals surface area contributed by atoms with Crippen LogP contribution in [0.5, 0.6) is 5.75 Å². The minimum Gasteiger partial charge on any atom is -0.491 e. The SMILES string of the molecule is CC(C)Oc1cccc(Cc2nc3c(c(NC4C5C=CC(C5)C4C(N)=O)n2)C=CC3)c1. The number of ether oxygens (including phenoxy) is 1. The summed E-state index contributed by atoms with van der Waals surface area (Å²) in [6, 6.07) is 8.07. The zero-order valence-electron chi connectivity index (χ0n) is 17.9. The van der Waals surface area contributed by atoms with Gasteiger partial charge in [-0.15, -0.1) is 0 Å². The second kappa shape index (κ2) is 7.84. The maximum atomic E-state index is 12.1. The number of nitrogens with zero attached hydrogens (tertiary/aromatic N) is 2. The average molecular weight is 417 g/mol. The number of carbonyl (C=O) groups is 1. The van der Waals surface area contributed by atoms with Crippen LogP contribution in [0.15, 0.2) is 42.5 Å². The van der Waals surface area contributed by atoms with Gasteiger partial charge in [-0.05, 0) is 49.8 Å². The van der Waals surface area contributed by atoms with Gasteiger partial charge < -0.3 is 15.8 Å². The molecule has 31 heavy (non-hydrogen) atoms. The van der Waals surface area contributed by atoms with Crippen LogP contribution in [0.3, 0.4) is 0 Å². The Bertz CT molecular complexity index is 1080. The van der Waals surface area contributed by atoms with E-state index in [4.69, 9.17) is 20.4 Å². The van der Waals surface area contributed by atoms with E-state index in [0.29, 0.717) is 12.3 Å². The summed E-state index contributed by atoms with van der Waals surface area (Å²) >= 11 is 0. The summed E-state index contributed by atoms with van der Waals surface area (Å²) in [5, 5.41) is 3.59. The van der Waals surface area contributed by atoms with E-state index in [9.17, 15) is 4.79 Å². The van der Waals surface area contributed by atoms with Gasteiger partial charge in [0.05, 0.1) is 17.7 Å². The molecular weight excluding hydrogens is 388 g/mol. The van der Waals surface area contributed by atoms with Gasteiger partial charge in [0.15, 0.2) is 0 Å². The molecule has 4 atom stereocenters. The Hall–Kier alpha value is -3.15. The molecule has 160 valence electrons. The number of fused-ring (bicyclic) bond motifs is 3. The smallest absolute Gasteiger partial charge is 0.223 e. The molecule has 1 fully saturated rings. The Labute approximate surface area is 182 Å². The van der Waals surface area contributed by atoms with E-state index in [-0.39, 0.29) is 29.9 Å². The van der Waals surface area contributed by atoms with Crippen LogP contribution in [0, 0.1) is 17.8 Å². The van der Waals surface area contributed by atoms with E-state index in [2.05, 4.69) is 35.7 Å². The minimum atomic E-state index is -0.238. The highest BCUT2D eigenvalue weighted by molar-refractivity contribution is 5.80. The fraction of sp³-hybridized carbons (Fsp3) is 0.400. The van der Waals surface area contributed by atoms with E-state index in [1.807, 2.05) is 32.0 Å². The van der Waals surface area contributed by atoms with E-state index >= 15 is 0 Å². The number of allylic oxidation sites excluding steroid dienone is 2. The molecule has 6 heteroatoms. The van der Waals surface area contributed by atoms with Crippen LogP contribution in [0.25, 0.3) is 6.08 Å². The zero-order valence-corrected chi connectivity index (χ0v) is 17.9. The molecule has 1 aromatic heterocycles. The molecule has 3 N–H and O–H groups in total. The van der Waals surface area contributed by atoms with E-state index < -0.39 is 0 Å². The fourth-order valence-corrected chi connectivity index (χ4v) is 5.12. The molecule has 4 unspecified atom stereocenters. The number of nitrogens with one attached hydrogen (secondary N) is 1. The number of amides is 1. The van der Waals surface area contributed by atoms with Crippen LogP contribution in [0.1, 0.15) is 42.9 Å². The highest BCUT2D eigenvalue weighted by Crippen LogP contribution is 2.45. The first-order chi connectivity index (χ1) is 15.0. The highest BCUT2D eigenvalue weighted by atomic mass is 16.5. The predicted molar refractivity (Wildman–Crippen MR) is 121 cm³/mol. The first-order valence-corrected chi connectivity index (χ1v) is 11.0. The first kappa shape index (κ1) is 19.8. The maximum absolute atomic E-state index is 12.1. The second-order valence-electron chi connectivity index (χ2n) is 8.99. The number of hydrogen-bond donors (Lipinski definition) is 2. The molecule has 0 radical (unpaired) electrons. The second-order valence-corrected chi connectivity index (χ2v) is 8.99. The zero-order chi connectivity index (χ0) is 21.5. The number of primary amides is 1. The van der Waals surface area contributed by atoms with Crippen LogP contribution in [0.2, 0.25) is 0 Å². The molecule has 0 spiro atoms. The average Bonchev–Trinajstić information content (AvgIpc) is 3.43. The standard InChI is InChI=1S/C25H28N4O2/c1-14(2)31-18-6-3-5-15(11-18)12-21-27-20-8-4-7-19(20)25(28-21)29-23-17-10-9-16(13-17)22(23)24(26)30/h3-7,9-11,14,16-17,22-23H,8,12-13H2,1-2H3,(H2,26,30)(H,27,28,29). The summed E-state index contributed by atoms with van der Waals surface area (Å²) in [5.74, 6) is 2.53. The van der Waals surface area contributed by atoms with E-state index in [0.717, 1.165) is 47.1 Å². The van der Waals surface area contributed by atoms with Crippen molar-refractivity contribution in [2.24, 2.45) is 23.5 Å².